The molecular formula is C25H31Li. The molecule has 0 heterocycles. The molecule has 0 aliphatic heterocycles. The summed E-state index contributed by atoms with van der Waals surface area (Å²) in [5.41, 5.74) is 10.3. The van der Waals surface area contributed by atoms with Gasteiger partial charge in [-0.1, -0.05) is 0 Å². The van der Waals surface area contributed by atoms with E-state index in [0.29, 0.717) is 4.59 Å². The van der Waals surface area contributed by atoms with Gasteiger partial charge in [0, 0.05) is 0 Å². The van der Waals surface area contributed by atoms with Crippen molar-refractivity contribution in [2.24, 2.45) is 0 Å². The molecule has 0 saturated carbocycles. The summed E-state index contributed by atoms with van der Waals surface area (Å²) in [6.45, 7) is 16.1. The van der Waals surface area contributed by atoms with Crippen molar-refractivity contribution in [3.63, 3.8) is 0 Å². The van der Waals surface area contributed by atoms with Crippen molar-refractivity contribution in [2.45, 2.75) is 70.3 Å². The van der Waals surface area contributed by atoms with Gasteiger partial charge in [-0.2, -0.15) is 0 Å². The maximum atomic E-state index is 2.44. The molecule has 1 aliphatic carbocycles. The first-order chi connectivity index (χ1) is 12.0. The van der Waals surface area contributed by atoms with Gasteiger partial charge in [0.05, 0.1) is 0 Å². The molecule has 0 saturated heterocycles. The third-order valence-electron chi connectivity index (χ3n) is 5.88. The molecule has 1 aliphatic rings. The SMILES string of the molecule is [Li][CH]1C(CC)=Cc2c(-c3cc(C(C)(C)C)cc(C(C)(C)C)c3)cccc21. The van der Waals surface area contributed by atoms with Crippen LogP contribution in [0.5, 0.6) is 0 Å². The van der Waals surface area contributed by atoms with Crippen molar-refractivity contribution < 1.29 is 0 Å². The van der Waals surface area contributed by atoms with Crippen LogP contribution in [0.3, 0.4) is 0 Å². The number of hydrogen-bond acceptors (Lipinski definition) is 0. The zero-order valence-electron chi connectivity index (χ0n) is 17.8. The van der Waals surface area contributed by atoms with Crippen LogP contribution in [0.4, 0.5) is 0 Å². The van der Waals surface area contributed by atoms with Crippen LogP contribution in [0, 0.1) is 0 Å². The van der Waals surface area contributed by atoms with Crippen LogP contribution in [0.2, 0.25) is 0 Å². The molecular weight excluding hydrogens is 307 g/mol. The van der Waals surface area contributed by atoms with E-state index in [0.717, 1.165) is 6.42 Å². The van der Waals surface area contributed by atoms with Crippen LogP contribution in [0.15, 0.2) is 42.0 Å². The molecule has 1 unspecified atom stereocenters. The van der Waals surface area contributed by atoms with Crippen LogP contribution in [-0.4, -0.2) is 17.7 Å². The molecule has 0 aromatic heterocycles. The summed E-state index contributed by atoms with van der Waals surface area (Å²) in [5.74, 6) is 0. The number of allylic oxidation sites excluding steroid dienone is 1. The predicted molar refractivity (Wildman–Crippen MR) is 116 cm³/mol. The first-order valence-corrected chi connectivity index (χ1v) is 10.0. The summed E-state index contributed by atoms with van der Waals surface area (Å²) < 4.78 is 0.544. The quantitative estimate of drug-likeness (QED) is 0.519. The van der Waals surface area contributed by atoms with Gasteiger partial charge in [-0.3, -0.25) is 0 Å². The molecule has 0 fully saturated rings. The second-order valence-corrected chi connectivity index (χ2v) is 9.90. The second kappa shape index (κ2) is 6.74. The number of hydrogen-bond donors (Lipinski definition) is 0. The van der Waals surface area contributed by atoms with E-state index in [1.807, 2.05) is 0 Å². The topological polar surface area (TPSA) is 0 Å². The van der Waals surface area contributed by atoms with E-state index in [1.165, 1.54) is 33.4 Å². The standard InChI is InChI=1S/C25H31.Li/c1-8-17-12-18-10-9-11-22(23(18)13-17)19-14-20(24(2,3)4)16-21(15-19)25(5,6)7;/h9-16H,8H2,1-7H3;. The van der Waals surface area contributed by atoms with Gasteiger partial charge in [-0.25, -0.2) is 0 Å². The zero-order chi connectivity index (χ0) is 19.3. The third kappa shape index (κ3) is 3.60. The van der Waals surface area contributed by atoms with Crippen molar-refractivity contribution in [1.82, 2.24) is 0 Å². The molecule has 26 heavy (non-hydrogen) atoms. The van der Waals surface area contributed by atoms with Gasteiger partial charge in [-0.05, 0) is 0 Å². The average Bonchev–Trinajstić information content (AvgIpc) is 2.89. The molecule has 3 rings (SSSR count). The van der Waals surface area contributed by atoms with E-state index in [-0.39, 0.29) is 10.8 Å². The summed E-state index contributed by atoms with van der Waals surface area (Å²) in [7, 11) is 0. The van der Waals surface area contributed by atoms with E-state index in [2.05, 4.69) is 109 Å². The monoisotopic (exact) mass is 338 g/mol. The normalized spacial score (nSPS) is 17.3. The Hall–Kier alpha value is -1.22. The van der Waals surface area contributed by atoms with Crippen LogP contribution in [0.1, 0.15) is 81.7 Å². The molecule has 0 amide bonds. The summed E-state index contributed by atoms with van der Waals surface area (Å²) >= 11 is 2.34. The molecule has 132 valence electrons. The van der Waals surface area contributed by atoms with Crippen LogP contribution in [-0.2, 0) is 10.8 Å². The Kier molecular flexibility index (Phi) is 5.07. The molecule has 1 heteroatoms. The number of fused-ring (bicyclic) bond motifs is 1. The van der Waals surface area contributed by atoms with Crippen molar-refractivity contribution in [3.05, 3.63) is 64.2 Å². The summed E-state index contributed by atoms with van der Waals surface area (Å²) in [5, 5.41) is 0. The number of benzene rings is 2. The van der Waals surface area contributed by atoms with Crippen molar-refractivity contribution in [2.75, 3.05) is 0 Å². The molecule has 0 bridgehead atoms. The molecule has 0 radical (unpaired) electrons. The minimum absolute atomic E-state index is 0.145. The molecule has 0 N–H and O–H groups in total. The van der Waals surface area contributed by atoms with Gasteiger partial charge >= 0.3 is 169 Å². The first kappa shape index (κ1) is 19.5. The van der Waals surface area contributed by atoms with E-state index in [4.69, 9.17) is 0 Å². The van der Waals surface area contributed by atoms with Gasteiger partial charge < -0.3 is 0 Å². The van der Waals surface area contributed by atoms with E-state index in [1.54, 1.807) is 5.57 Å². The van der Waals surface area contributed by atoms with Gasteiger partial charge in [0.15, 0.2) is 0 Å². The minimum atomic E-state index is 0.145. The van der Waals surface area contributed by atoms with Crippen molar-refractivity contribution in [1.29, 1.82) is 0 Å². The van der Waals surface area contributed by atoms with E-state index in [9.17, 15) is 0 Å². The van der Waals surface area contributed by atoms with Crippen LogP contribution in [0.25, 0.3) is 17.2 Å². The summed E-state index contributed by atoms with van der Waals surface area (Å²) in [6.07, 6.45) is 3.57. The van der Waals surface area contributed by atoms with Gasteiger partial charge in [0.1, 0.15) is 0 Å². The van der Waals surface area contributed by atoms with Gasteiger partial charge in [0.25, 0.3) is 0 Å². The Morgan fingerprint density at radius 1 is 0.885 bits per heavy atom. The Balaban J connectivity index is 2.25. The van der Waals surface area contributed by atoms with Crippen molar-refractivity contribution in [3.8, 4) is 11.1 Å². The molecule has 2 aromatic carbocycles. The first-order valence-electron chi connectivity index (χ1n) is 10.0. The Morgan fingerprint density at radius 2 is 1.46 bits per heavy atom. The molecule has 0 spiro atoms. The molecule has 0 nitrogen and oxygen atoms in total. The fraction of sp³-hybridized carbons (Fsp3) is 0.440. The second-order valence-electron chi connectivity index (χ2n) is 9.90. The Morgan fingerprint density at radius 3 is 1.96 bits per heavy atom. The van der Waals surface area contributed by atoms with Crippen LogP contribution < -0.4 is 0 Å². The molecule has 2 aromatic rings. The summed E-state index contributed by atoms with van der Waals surface area (Å²) in [6, 6.07) is 14.1. The van der Waals surface area contributed by atoms with Gasteiger partial charge in [0.2, 0.25) is 0 Å². The van der Waals surface area contributed by atoms with E-state index >= 15 is 0 Å². The fourth-order valence-electron chi connectivity index (χ4n) is 3.94. The maximum absolute atomic E-state index is 2.44. The predicted octanol–water partition coefficient (Wildman–Crippen LogP) is 6.97. The Labute approximate surface area is 169 Å². The zero-order valence-corrected chi connectivity index (χ0v) is 17.8. The average molecular weight is 338 g/mol. The number of rotatable bonds is 2. The fourth-order valence-corrected chi connectivity index (χ4v) is 3.94. The molecule has 1 atom stereocenters. The van der Waals surface area contributed by atoms with E-state index < -0.39 is 0 Å². The Bertz CT molecular complexity index is 824. The van der Waals surface area contributed by atoms with Crippen LogP contribution >= 0.6 is 0 Å². The van der Waals surface area contributed by atoms with Gasteiger partial charge in [-0.15, -0.1) is 0 Å². The third-order valence-corrected chi connectivity index (χ3v) is 5.88. The summed E-state index contributed by atoms with van der Waals surface area (Å²) in [4.78, 5) is 0. The van der Waals surface area contributed by atoms with Crippen molar-refractivity contribution >= 4 is 23.8 Å².